The number of pyridine rings is 1. The molecule has 0 amide bonds. The maximum absolute atomic E-state index is 6.12. The topological polar surface area (TPSA) is 98.4 Å². The standard InChI is InChI=1S/C25H29N3O2.C3H4N2.C2H6/c1-5-15-25(2,3)30-20-12-9-18(10-13-20)19-11-14-21(23(17-19)29-4)28-24(26)22-8-6-7-16-27-22;1-2-5-3-4-1;1-2/h6-14,16-17H,5,15H2,1-4H3,(H2,26,28);1-3H,(H,4,5);1-2H3. The van der Waals surface area contributed by atoms with E-state index in [1.54, 1.807) is 32.0 Å². The van der Waals surface area contributed by atoms with Gasteiger partial charge in [-0.15, -0.1) is 0 Å². The number of hydrogen-bond donors (Lipinski definition) is 2. The van der Waals surface area contributed by atoms with E-state index in [4.69, 9.17) is 15.2 Å². The zero-order valence-corrected chi connectivity index (χ0v) is 22.7. The molecule has 0 radical (unpaired) electrons. The summed E-state index contributed by atoms with van der Waals surface area (Å²) >= 11 is 0. The lowest BCUT2D eigenvalue weighted by molar-refractivity contribution is 0.0986. The molecule has 0 saturated carbocycles. The maximum Gasteiger partial charge on any atom is 0.150 e. The van der Waals surface area contributed by atoms with Gasteiger partial charge in [-0.25, -0.2) is 9.98 Å². The van der Waals surface area contributed by atoms with Crippen molar-refractivity contribution in [3.63, 3.8) is 0 Å². The second-order valence-electron chi connectivity index (χ2n) is 8.50. The van der Waals surface area contributed by atoms with E-state index in [1.165, 1.54) is 0 Å². The van der Waals surface area contributed by atoms with Crippen LogP contribution in [0.5, 0.6) is 11.5 Å². The monoisotopic (exact) mass is 501 g/mol. The van der Waals surface area contributed by atoms with Crippen LogP contribution in [0, 0.1) is 0 Å². The summed E-state index contributed by atoms with van der Waals surface area (Å²) in [5.74, 6) is 1.86. The van der Waals surface area contributed by atoms with E-state index < -0.39 is 0 Å². The highest BCUT2D eigenvalue weighted by molar-refractivity contribution is 5.97. The van der Waals surface area contributed by atoms with E-state index in [9.17, 15) is 0 Å². The number of nitrogens with one attached hydrogen (secondary N) is 1. The predicted molar refractivity (Wildman–Crippen MR) is 153 cm³/mol. The Bertz CT molecular complexity index is 1170. The maximum atomic E-state index is 6.12. The van der Waals surface area contributed by atoms with Crippen molar-refractivity contribution in [3.05, 3.63) is 91.3 Å². The number of hydrogen-bond acceptors (Lipinski definition) is 5. The van der Waals surface area contributed by atoms with Gasteiger partial charge in [-0.1, -0.05) is 51.5 Å². The van der Waals surface area contributed by atoms with Gasteiger partial charge in [0.1, 0.15) is 34.3 Å². The molecule has 7 nitrogen and oxygen atoms in total. The number of H-pyrrole nitrogens is 1. The number of aromatic amines is 1. The van der Waals surface area contributed by atoms with Crippen molar-refractivity contribution in [2.75, 3.05) is 7.11 Å². The number of rotatable bonds is 8. The Kier molecular flexibility index (Phi) is 11.9. The third kappa shape index (κ3) is 9.44. The minimum atomic E-state index is -0.174. The molecule has 0 aliphatic rings. The SMILES string of the molecule is CC.CCCC(C)(C)Oc1ccc(-c2ccc(N=C(N)c3ccccn3)c(OC)c2)cc1.c1c[nH]cn1. The van der Waals surface area contributed by atoms with Crippen LogP contribution in [-0.4, -0.2) is 33.5 Å². The first-order valence-electron chi connectivity index (χ1n) is 12.6. The molecule has 4 aromatic rings. The van der Waals surface area contributed by atoms with Gasteiger partial charge in [0.15, 0.2) is 0 Å². The van der Waals surface area contributed by atoms with Gasteiger partial charge >= 0.3 is 0 Å². The quantitative estimate of drug-likeness (QED) is 0.197. The molecule has 0 fully saturated rings. The first-order valence-corrected chi connectivity index (χ1v) is 12.6. The molecule has 0 spiro atoms. The molecule has 7 heteroatoms. The lowest BCUT2D eigenvalue weighted by atomic mass is 10.0. The molecule has 37 heavy (non-hydrogen) atoms. The van der Waals surface area contributed by atoms with Crippen molar-refractivity contribution in [1.82, 2.24) is 15.0 Å². The van der Waals surface area contributed by atoms with Crippen LogP contribution in [0.25, 0.3) is 11.1 Å². The van der Waals surface area contributed by atoms with Gasteiger partial charge in [0, 0.05) is 18.6 Å². The fourth-order valence-corrected chi connectivity index (χ4v) is 3.55. The van der Waals surface area contributed by atoms with Gasteiger partial charge < -0.3 is 20.2 Å². The molecule has 0 saturated heterocycles. The van der Waals surface area contributed by atoms with E-state index >= 15 is 0 Å². The van der Waals surface area contributed by atoms with Crippen LogP contribution in [0.15, 0.2) is 90.6 Å². The Morgan fingerprint density at radius 1 is 1.00 bits per heavy atom. The van der Waals surface area contributed by atoms with Crippen LogP contribution in [-0.2, 0) is 0 Å². The van der Waals surface area contributed by atoms with E-state index in [2.05, 4.69) is 52.8 Å². The van der Waals surface area contributed by atoms with Crippen LogP contribution in [0.3, 0.4) is 0 Å². The molecule has 0 bridgehead atoms. The lowest BCUT2D eigenvalue weighted by Crippen LogP contribution is -2.27. The van der Waals surface area contributed by atoms with Crippen molar-refractivity contribution in [3.8, 4) is 22.6 Å². The molecule has 2 aromatic carbocycles. The van der Waals surface area contributed by atoms with E-state index in [-0.39, 0.29) is 5.60 Å². The van der Waals surface area contributed by atoms with Gasteiger partial charge in [-0.05, 0) is 67.8 Å². The highest BCUT2D eigenvalue weighted by Crippen LogP contribution is 2.34. The first-order chi connectivity index (χ1) is 17.9. The van der Waals surface area contributed by atoms with E-state index in [1.807, 2.05) is 62.4 Å². The van der Waals surface area contributed by atoms with Gasteiger partial charge in [0.2, 0.25) is 0 Å². The zero-order chi connectivity index (χ0) is 27.1. The van der Waals surface area contributed by atoms with Crippen LogP contribution < -0.4 is 15.2 Å². The Morgan fingerprint density at radius 2 is 1.73 bits per heavy atom. The highest BCUT2D eigenvalue weighted by Gasteiger charge is 2.18. The Balaban J connectivity index is 0.000000602. The van der Waals surface area contributed by atoms with Crippen molar-refractivity contribution in [1.29, 1.82) is 0 Å². The van der Waals surface area contributed by atoms with Crippen molar-refractivity contribution < 1.29 is 9.47 Å². The summed E-state index contributed by atoms with van der Waals surface area (Å²) in [6.07, 6.45) is 8.87. The number of aromatic nitrogens is 3. The van der Waals surface area contributed by atoms with Crippen molar-refractivity contribution in [2.24, 2.45) is 10.7 Å². The minimum Gasteiger partial charge on any atom is -0.494 e. The van der Waals surface area contributed by atoms with Crippen LogP contribution >= 0.6 is 0 Å². The molecule has 0 aliphatic carbocycles. The first kappa shape index (κ1) is 29.1. The Labute approximate surface area is 220 Å². The second-order valence-corrected chi connectivity index (χ2v) is 8.50. The van der Waals surface area contributed by atoms with Crippen LogP contribution in [0.4, 0.5) is 5.69 Å². The largest absolute Gasteiger partial charge is 0.494 e. The summed E-state index contributed by atoms with van der Waals surface area (Å²) in [4.78, 5) is 15.1. The smallest absolute Gasteiger partial charge is 0.150 e. The van der Waals surface area contributed by atoms with Crippen LogP contribution in [0.1, 0.15) is 53.2 Å². The fraction of sp³-hybridized carbons (Fsp3) is 0.300. The number of ether oxygens (including phenoxy) is 2. The number of aliphatic imine (C=N–C) groups is 1. The molecule has 3 N–H and O–H groups in total. The zero-order valence-electron chi connectivity index (χ0n) is 22.7. The summed E-state index contributed by atoms with van der Waals surface area (Å²) < 4.78 is 11.7. The van der Waals surface area contributed by atoms with Gasteiger partial charge in [0.25, 0.3) is 0 Å². The molecule has 2 heterocycles. The van der Waals surface area contributed by atoms with Gasteiger partial charge in [-0.3, -0.25) is 4.98 Å². The fourth-order valence-electron chi connectivity index (χ4n) is 3.55. The van der Waals surface area contributed by atoms with Crippen molar-refractivity contribution >= 4 is 11.5 Å². The molecule has 0 unspecified atom stereocenters. The number of benzene rings is 2. The number of imidazole rings is 1. The molecule has 4 rings (SSSR count). The minimum absolute atomic E-state index is 0.174. The normalized spacial score (nSPS) is 10.9. The summed E-state index contributed by atoms with van der Waals surface area (Å²) in [6.45, 7) is 10.4. The third-order valence-corrected chi connectivity index (χ3v) is 5.19. The average molecular weight is 502 g/mol. The van der Waals surface area contributed by atoms with Crippen LogP contribution in [0.2, 0.25) is 0 Å². The van der Waals surface area contributed by atoms with E-state index in [0.29, 0.717) is 23.0 Å². The Hall–Kier alpha value is -4.13. The van der Waals surface area contributed by atoms with E-state index in [0.717, 1.165) is 29.7 Å². The lowest BCUT2D eigenvalue weighted by Gasteiger charge is -2.26. The van der Waals surface area contributed by atoms with Gasteiger partial charge in [-0.2, -0.15) is 0 Å². The summed E-state index contributed by atoms with van der Waals surface area (Å²) in [6, 6.07) is 19.5. The summed E-state index contributed by atoms with van der Waals surface area (Å²) in [5.41, 5.74) is 9.32. The predicted octanol–water partition coefficient (Wildman–Crippen LogP) is 7.19. The molecular weight excluding hydrogens is 462 g/mol. The number of methoxy groups -OCH3 is 1. The summed E-state index contributed by atoms with van der Waals surface area (Å²) in [5, 5.41) is 0. The van der Waals surface area contributed by atoms with Crippen molar-refractivity contribution in [2.45, 2.75) is 53.1 Å². The molecule has 2 aromatic heterocycles. The second kappa shape index (κ2) is 15.1. The van der Waals surface area contributed by atoms with Gasteiger partial charge in [0.05, 0.1) is 13.4 Å². The average Bonchev–Trinajstić information content (AvgIpc) is 3.51. The molecule has 0 aliphatic heterocycles. The molecule has 0 atom stereocenters. The summed E-state index contributed by atoms with van der Waals surface area (Å²) in [7, 11) is 1.63. The number of amidine groups is 1. The highest BCUT2D eigenvalue weighted by atomic mass is 16.5. The molecular formula is C30H39N5O2. The third-order valence-electron chi connectivity index (χ3n) is 5.19. The molecule has 196 valence electrons. The number of nitrogens with zero attached hydrogens (tertiary/aromatic N) is 3. The Morgan fingerprint density at radius 3 is 2.27 bits per heavy atom. The number of nitrogens with two attached hydrogens (primary N) is 1.